The SMILES string of the molecule is CC(CNC(=O)CCN)N1CCCCC1. The van der Waals surface area contributed by atoms with Gasteiger partial charge in [-0.3, -0.25) is 9.69 Å². The Morgan fingerprint density at radius 2 is 2.07 bits per heavy atom. The molecule has 1 saturated heterocycles. The molecule has 0 aromatic rings. The molecule has 0 saturated carbocycles. The zero-order chi connectivity index (χ0) is 11.1. The van der Waals surface area contributed by atoms with Gasteiger partial charge in [0.05, 0.1) is 0 Å². The van der Waals surface area contributed by atoms with E-state index < -0.39 is 0 Å². The van der Waals surface area contributed by atoms with E-state index in [9.17, 15) is 4.79 Å². The number of rotatable bonds is 5. The lowest BCUT2D eigenvalue weighted by Crippen LogP contribution is -2.44. The Bertz CT molecular complexity index is 190. The van der Waals surface area contributed by atoms with Crippen LogP contribution >= 0.6 is 0 Å². The molecule has 1 unspecified atom stereocenters. The van der Waals surface area contributed by atoms with Crippen LogP contribution in [0.4, 0.5) is 0 Å². The first kappa shape index (κ1) is 12.5. The number of likely N-dealkylation sites (tertiary alicyclic amines) is 1. The summed E-state index contributed by atoms with van der Waals surface area (Å²) in [6.07, 6.45) is 4.37. The summed E-state index contributed by atoms with van der Waals surface area (Å²) in [6.45, 7) is 5.71. The van der Waals surface area contributed by atoms with Crippen LogP contribution in [0.1, 0.15) is 32.6 Å². The summed E-state index contributed by atoms with van der Waals surface area (Å²) in [5.74, 6) is 0.0707. The molecule has 0 aliphatic carbocycles. The van der Waals surface area contributed by atoms with Gasteiger partial charge in [0.25, 0.3) is 0 Å². The Hall–Kier alpha value is -0.610. The molecule has 1 amide bonds. The first-order chi connectivity index (χ1) is 7.24. The molecule has 1 atom stereocenters. The van der Waals surface area contributed by atoms with Crippen molar-refractivity contribution in [2.24, 2.45) is 5.73 Å². The molecule has 1 aliphatic heterocycles. The fourth-order valence-corrected chi connectivity index (χ4v) is 1.97. The Morgan fingerprint density at radius 3 is 2.67 bits per heavy atom. The van der Waals surface area contributed by atoms with Crippen LogP contribution in [0.25, 0.3) is 0 Å². The molecule has 1 heterocycles. The highest BCUT2D eigenvalue weighted by Gasteiger charge is 2.16. The van der Waals surface area contributed by atoms with Crippen molar-refractivity contribution < 1.29 is 4.79 Å². The molecular formula is C11H23N3O. The fraction of sp³-hybridized carbons (Fsp3) is 0.909. The number of nitrogens with two attached hydrogens (primary N) is 1. The number of amides is 1. The van der Waals surface area contributed by atoms with Gasteiger partial charge in [-0.25, -0.2) is 0 Å². The van der Waals surface area contributed by atoms with Crippen molar-refractivity contribution in [1.82, 2.24) is 10.2 Å². The summed E-state index contributed by atoms with van der Waals surface area (Å²) in [5, 5.41) is 2.92. The van der Waals surface area contributed by atoms with Crippen molar-refractivity contribution in [2.45, 2.75) is 38.6 Å². The molecule has 3 N–H and O–H groups in total. The summed E-state index contributed by atoms with van der Waals surface area (Å²) in [7, 11) is 0. The smallest absolute Gasteiger partial charge is 0.221 e. The topological polar surface area (TPSA) is 58.4 Å². The second-order valence-electron chi connectivity index (χ2n) is 4.29. The summed E-state index contributed by atoms with van der Waals surface area (Å²) >= 11 is 0. The van der Waals surface area contributed by atoms with Gasteiger partial charge in [0.1, 0.15) is 0 Å². The third kappa shape index (κ3) is 4.62. The van der Waals surface area contributed by atoms with Crippen molar-refractivity contribution in [2.75, 3.05) is 26.2 Å². The minimum absolute atomic E-state index is 0.0707. The van der Waals surface area contributed by atoms with Gasteiger partial charge in [0.15, 0.2) is 0 Å². The number of carbonyl (C=O) groups is 1. The van der Waals surface area contributed by atoms with E-state index in [0.29, 0.717) is 19.0 Å². The Kier molecular flexibility index (Phi) is 5.65. The van der Waals surface area contributed by atoms with E-state index in [0.717, 1.165) is 6.54 Å². The zero-order valence-electron chi connectivity index (χ0n) is 9.67. The van der Waals surface area contributed by atoms with Crippen LogP contribution in [0, 0.1) is 0 Å². The number of piperidine rings is 1. The van der Waals surface area contributed by atoms with Gasteiger partial charge < -0.3 is 11.1 Å². The van der Waals surface area contributed by atoms with Gasteiger partial charge in [-0.2, -0.15) is 0 Å². The molecule has 1 aliphatic rings. The highest BCUT2D eigenvalue weighted by atomic mass is 16.1. The van der Waals surface area contributed by atoms with Crippen LogP contribution in [-0.2, 0) is 4.79 Å². The number of hydrogen-bond donors (Lipinski definition) is 2. The third-order valence-corrected chi connectivity index (χ3v) is 2.98. The standard InChI is InChI=1S/C11H23N3O/c1-10(9-13-11(15)5-6-12)14-7-3-2-4-8-14/h10H,2-9,12H2,1H3,(H,13,15). The van der Waals surface area contributed by atoms with Crippen molar-refractivity contribution in [1.29, 1.82) is 0 Å². The van der Waals surface area contributed by atoms with E-state index >= 15 is 0 Å². The third-order valence-electron chi connectivity index (χ3n) is 2.98. The molecule has 0 radical (unpaired) electrons. The molecule has 4 nitrogen and oxygen atoms in total. The van der Waals surface area contributed by atoms with E-state index in [1.807, 2.05) is 0 Å². The molecule has 15 heavy (non-hydrogen) atoms. The maximum absolute atomic E-state index is 11.2. The van der Waals surface area contributed by atoms with E-state index in [2.05, 4.69) is 17.1 Å². The molecule has 4 heteroatoms. The van der Waals surface area contributed by atoms with Crippen LogP contribution in [0.5, 0.6) is 0 Å². The normalized spacial score (nSPS) is 19.9. The van der Waals surface area contributed by atoms with E-state index in [-0.39, 0.29) is 5.91 Å². The van der Waals surface area contributed by atoms with Gasteiger partial charge in [-0.15, -0.1) is 0 Å². The maximum Gasteiger partial charge on any atom is 0.221 e. The molecule has 0 aromatic heterocycles. The molecule has 1 fully saturated rings. The van der Waals surface area contributed by atoms with Gasteiger partial charge >= 0.3 is 0 Å². The van der Waals surface area contributed by atoms with Crippen molar-refractivity contribution in [3.63, 3.8) is 0 Å². The molecule has 88 valence electrons. The predicted octanol–water partition coefficient (Wildman–Crippen LogP) is 0.326. The first-order valence-electron chi connectivity index (χ1n) is 5.95. The summed E-state index contributed by atoms with van der Waals surface area (Å²) in [6, 6.07) is 0.451. The molecule has 1 rings (SSSR count). The molecular weight excluding hydrogens is 190 g/mol. The van der Waals surface area contributed by atoms with Crippen molar-refractivity contribution in [3.05, 3.63) is 0 Å². The summed E-state index contributed by atoms with van der Waals surface area (Å²) < 4.78 is 0. The summed E-state index contributed by atoms with van der Waals surface area (Å²) in [5.41, 5.74) is 5.31. The quantitative estimate of drug-likeness (QED) is 0.692. The van der Waals surface area contributed by atoms with Gasteiger partial charge in [-0.1, -0.05) is 6.42 Å². The van der Waals surface area contributed by atoms with Gasteiger partial charge in [-0.05, 0) is 32.9 Å². The number of hydrogen-bond acceptors (Lipinski definition) is 3. The number of nitrogens with one attached hydrogen (secondary N) is 1. The van der Waals surface area contributed by atoms with Crippen molar-refractivity contribution >= 4 is 5.91 Å². The van der Waals surface area contributed by atoms with Crippen LogP contribution in [0.15, 0.2) is 0 Å². The largest absolute Gasteiger partial charge is 0.355 e. The lowest BCUT2D eigenvalue weighted by molar-refractivity contribution is -0.121. The number of carbonyl (C=O) groups excluding carboxylic acids is 1. The second kappa shape index (κ2) is 6.80. The summed E-state index contributed by atoms with van der Waals surface area (Å²) in [4.78, 5) is 13.7. The molecule has 0 spiro atoms. The van der Waals surface area contributed by atoms with Crippen LogP contribution in [0.3, 0.4) is 0 Å². The van der Waals surface area contributed by atoms with Crippen LogP contribution in [-0.4, -0.2) is 43.0 Å². The fourth-order valence-electron chi connectivity index (χ4n) is 1.97. The average Bonchev–Trinajstić information content (AvgIpc) is 2.27. The van der Waals surface area contributed by atoms with E-state index in [4.69, 9.17) is 5.73 Å². The van der Waals surface area contributed by atoms with Gasteiger partial charge in [0, 0.05) is 25.6 Å². The average molecular weight is 213 g/mol. The van der Waals surface area contributed by atoms with Crippen LogP contribution < -0.4 is 11.1 Å². The van der Waals surface area contributed by atoms with E-state index in [1.54, 1.807) is 0 Å². The highest BCUT2D eigenvalue weighted by Crippen LogP contribution is 2.11. The van der Waals surface area contributed by atoms with Crippen LogP contribution in [0.2, 0.25) is 0 Å². The minimum atomic E-state index is 0.0707. The number of nitrogens with zero attached hydrogens (tertiary/aromatic N) is 1. The van der Waals surface area contributed by atoms with Gasteiger partial charge in [0.2, 0.25) is 5.91 Å². The Morgan fingerprint density at radius 1 is 1.40 bits per heavy atom. The Balaban J connectivity index is 2.16. The lowest BCUT2D eigenvalue weighted by Gasteiger charge is -2.32. The maximum atomic E-state index is 11.2. The highest BCUT2D eigenvalue weighted by molar-refractivity contribution is 5.76. The zero-order valence-corrected chi connectivity index (χ0v) is 9.67. The minimum Gasteiger partial charge on any atom is -0.355 e. The predicted molar refractivity (Wildman–Crippen MR) is 61.6 cm³/mol. The molecule has 0 bridgehead atoms. The second-order valence-corrected chi connectivity index (χ2v) is 4.29. The van der Waals surface area contributed by atoms with Crippen molar-refractivity contribution in [3.8, 4) is 0 Å². The monoisotopic (exact) mass is 213 g/mol. The van der Waals surface area contributed by atoms with E-state index in [1.165, 1.54) is 32.4 Å². The molecule has 0 aromatic carbocycles. The first-order valence-corrected chi connectivity index (χ1v) is 5.95. The Labute approximate surface area is 92.2 Å². The lowest BCUT2D eigenvalue weighted by atomic mass is 10.1.